The maximum Gasteiger partial charge on any atom is 0.224 e. The molecule has 20 heavy (non-hydrogen) atoms. The van der Waals surface area contributed by atoms with Crippen LogP contribution in [0.1, 0.15) is 50.2 Å². The fourth-order valence-corrected chi connectivity index (χ4v) is 1.94. The maximum atomic E-state index is 11.9. The first-order chi connectivity index (χ1) is 9.67. The number of carbonyl (C=O) groups excluding carboxylic acids is 1. The molecule has 0 spiro atoms. The van der Waals surface area contributed by atoms with E-state index < -0.39 is 0 Å². The van der Waals surface area contributed by atoms with Gasteiger partial charge in [0.1, 0.15) is 0 Å². The Morgan fingerprint density at radius 2 is 2.10 bits per heavy atom. The normalized spacial score (nSPS) is 9.75. The van der Waals surface area contributed by atoms with Gasteiger partial charge in [0.25, 0.3) is 0 Å². The zero-order valence-corrected chi connectivity index (χ0v) is 12.5. The van der Waals surface area contributed by atoms with Crippen molar-refractivity contribution in [3.05, 3.63) is 29.3 Å². The number of nitrogens with one attached hydrogen (secondary N) is 1. The third-order valence-electron chi connectivity index (χ3n) is 3.03. The Balaban J connectivity index is 2.64. The second-order valence-electron chi connectivity index (χ2n) is 4.91. The van der Waals surface area contributed by atoms with Gasteiger partial charge in [-0.1, -0.05) is 44.1 Å². The van der Waals surface area contributed by atoms with E-state index >= 15 is 0 Å². The van der Waals surface area contributed by atoms with Crippen LogP contribution in [-0.4, -0.2) is 12.5 Å². The molecule has 1 aromatic rings. The van der Waals surface area contributed by atoms with Crippen molar-refractivity contribution in [1.29, 1.82) is 0 Å². The third kappa shape index (κ3) is 5.90. The lowest BCUT2D eigenvalue weighted by atomic mass is 10.1. The van der Waals surface area contributed by atoms with Gasteiger partial charge < -0.3 is 11.1 Å². The van der Waals surface area contributed by atoms with Crippen LogP contribution >= 0.6 is 0 Å². The molecule has 0 unspecified atom stereocenters. The summed E-state index contributed by atoms with van der Waals surface area (Å²) in [6, 6.07) is 5.84. The fourth-order valence-electron chi connectivity index (χ4n) is 1.94. The first kappa shape index (κ1) is 16.3. The topological polar surface area (TPSA) is 55.1 Å². The molecule has 0 aliphatic carbocycles. The number of hydrogen-bond donors (Lipinski definition) is 2. The molecule has 0 radical (unpaired) electrons. The Kier molecular flexibility index (Phi) is 7.46. The van der Waals surface area contributed by atoms with E-state index in [4.69, 9.17) is 5.73 Å². The maximum absolute atomic E-state index is 11.9. The number of benzene rings is 1. The molecule has 0 aliphatic heterocycles. The van der Waals surface area contributed by atoms with E-state index in [1.807, 2.05) is 25.1 Å². The summed E-state index contributed by atoms with van der Waals surface area (Å²) in [6.45, 7) is 4.48. The van der Waals surface area contributed by atoms with E-state index in [-0.39, 0.29) is 5.91 Å². The highest BCUT2D eigenvalue weighted by Crippen LogP contribution is 2.17. The zero-order chi connectivity index (χ0) is 14.8. The molecule has 0 aromatic heterocycles. The van der Waals surface area contributed by atoms with Crippen LogP contribution in [0.5, 0.6) is 0 Å². The minimum Gasteiger partial charge on any atom is -0.325 e. The largest absolute Gasteiger partial charge is 0.325 e. The monoisotopic (exact) mass is 272 g/mol. The van der Waals surface area contributed by atoms with Crippen molar-refractivity contribution < 1.29 is 4.79 Å². The number of amides is 1. The zero-order valence-electron chi connectivity index (χ0n) is 12.5. The number of rotatable bonds is 6. The summed E-state index contributed by atoms with van der Waals surface area (Å²) in [4.78, 5) is 11.9. The summed E-state index contributed by atoms with van der Waals surface area (Å²) in [5.41, 5.74) is 8.12. The SMILES string of the molecule is CCCCCCC(=O)Nc1ccc(C)cc1C#CCN. The molecule has 0 bridgehead atoms. The lowest BCUT2D eigenvalue weighted by Crippen LogP contribution is -2.12. The Hall–Kier alpha value is -1.79. The van der Waals surface area contributed by atoms with E-state index in [0.29, 0.717) is 13.0 Å². The number of nitrogens with two attached hydrogens (primary N) is 1. The van der Waals surface area contributed by atoms with E-state index in [1.54, 1.807) is 0 Å². The predicted octanol–water partition coefficient (Wildman–Crippen LogP) is 3.21. The number of aryl methyl sites for hydroxylation is 1. The minimum atomic E-state index is 0.0563. The first-order valence-corrected chi connectivity index (χ1v) is 7.26. The number of hydrogen-bond acceptors (Lipinski definition) is 2. The standard InChI is InChI=1S/C17H24N2O/c1-3-4-5-6-9-17(20)19-16-11-10-14(2)13-15(16)8-7-12-18/h10-11,13H,3-6,9,12,18H2,1-2H3,(H,19,20). The van der Waals surface area contributed by atoms with Crippen molar-refractivity contribution in [3.8, 4) is 11.8 Å². The van der Waals surface area contributed by atoms with Crippen molar-refractivity contribution >= 4 is 11.6 Å². The summed E-state index contributed by atoms with van der Waals surface area (Å²) >= 11 is 0. The summed E-state index contributed by atoms with van der Waals surface area (Å²) in [7, 11) is 0. The van der Waals surface area contributed by atoms with Crippen LogP contribution in [0.4, 0.5) is 5.69 Å². The van der Waals surface area contributed by atoms with Gasteiger partial charge >= 0.3 is 0 Å². The van der Waals surface area contributed by atoms with Gasteiger partial charge in [0.2, 0.25) is 5.91 Å². The van der Waals surface area contributed by atoms with Gasteiger partial charge in [-0.3, -0.25) is 4.79 Å². The molecule has 0 fully saturated rings. The summed E-state index contributed by atoms with van der Waals surface area (Å²) in [5, 5.41) is 2.94. The van der Waals surface area contributed by atoms with Crippen LogP contribution < -0.4 is 11.1 Å². The summed E-state index contributed by atoms with van der Waals surface area (Å²) in [6.07, 6.45) is 4.98. The molecule has 108 valence electrons. The predicted molar refractivity (Wildman–Crippen MR) is 84.5 cm³/mol. The van der Waals surface area contributed by atoms with Crippen LogP contribution in [-0.2, 0) is 4.79 Å². The molecule has 1 aromatic carbocycles. The second-order valence-corrected chi connectivity index (χ2v) is 4.91. The molecule has 3 heteroatoms. The second kappa shape index (κ2) is 9.17. The van der Waals surface area contributed by atoms with E-state index in [1.165, 1.54) is 12.8 Å². The Bertz CT molecular complexity index is 497. The van der Waals surface area contributed by atoms with Crippen LogP contribution in [0.2, 0.25) is 0 Å². The van der Waals surface area contributed by atoms with Crippen molar-refractivity contribution in [2.45, 2.75) is 46.0 Å². The van der Waals surface area contributed by atoms with Crippen molar-refractivity contribution in [1.82, 2.24) is 0 Å². The molecular formula is C17H24N2O. The highest BCUT2D eigenvalue weighted by atomic mass is 16.1. The van der Waals surface area contributed by atoms with Crippen LogP contribution in [0, 0.1) is 18.8 Å². The van der Waals surface area contributed by atoms with Crippen LogP contribution in [0.15, 0.2) is 18.2 Å². The lowest BCUT2D eigenvalue weighted by Gasteiger charge is -2.08. The molecule has 3 nitrogen and oxygen atoms in total. The summed E-state index contributed by atoms with van der Waals surface area (Å²) < 4.78 is 0. The van der Waals surface area contributed by atoms with Gasteiger partial charge in [0, 0.05) is 12.0 Å². The van der Waals surface area contributed by atoms with Gasteiger partial charge in [-0.15, -0.1) is 0 Å². The van der Waals surface area contributed by atoms with Crippen molar-refractivity contribution in [2.75, 3.05) is 11.9 Å². The lowest BCUT2D eigenvalue weighted by molar-refractivity contribution is -0.116. The molecule has 1 rings (SSSR count). The van der Waals surface area contributed by atoms with Gasteiger partial charge in [-0.25, -0.2) is 0 Å². The molecule has 0 heterocycles. The van der Waals surface area contributed by atoms with Gasteiger partial charge in [-0.05, 0) is 31.0 Å². The molecule has 3 N–H and O–H groups in total. The van der Waals surface area contributed by atoms with Gasteiger partial charge in [-0.2, -0.15) is 0 Å². The van der Waals surface area contributed by atoms with E-state index in [0.717, 1.165) is 29.7 Å². The Morgan fingerprint density at radius 1 is 1.30 bits per heavy atom. The molecule has 0 saturated carbocycles. The van der Waals surface area contributed by atoms with Crippen LogP contribution in [0.25, 0.3) is 0 Å². The third-order valence-corrected chi connectivity index (χ3v) is 3.03. The van der Waals surface area contributed by atoms with Crippen molar-refractivity contribution in [3.63, 3.8) is 0 Å². The van der Waals surface area contributed by atoms with Crippen molar-refractivity contribution in [2.24, 2.45) is 5.73 Å². The van der Waals surface area contributed by atoms with E-state index in [9.17, 15) is 4.79 Å². The quantitative estimate of drug-likeness (QED) is 0.617. The average Bonchev–Trinajstić information content (AvgIpc) is 2.44. The highest BCUT2D eigenvalue weighted by molar-refractivity contribution is 5.92. The number of unbranched alkanes of at least 4 members (excludes halogenated alkanes) is 3. The Morgan fingerprint density at radius 3 is 2.80 bits per heavy atom. The average molecular weight is 272 g/mol. The minimum absolute atomic E-state index is 0.0563. The van der Waals surface area contributed by atoms with Gasteiger partial charge in [0.15, 0.2) is 0 Å². The fraction of sp³-hybridized carbons (Fsp3) is 0.471. The summed E-state index contributed by atoms with van der Waals surface area (Å²) in [5.74, 6) is 5.89. The smallest absolute Gasteiger partial charge is 0.224 e. The molecule has 0 atom stereocenters. The highest BCUT2D eigenvalue weighted by Gasteiger charge is 2.05. The molecule has 0 aliphatic rings. The Labute approximate surface area is 121 Å². The molecule has 0 saturated heterocycles. The van der Waals surface area contributed by atoms with E-state index in [2.05, 4.69) is 24.1 Å². The number of anilines is 1. The molecular weight excluding hydrogens is 248 g/mol. The molecule has 1 amide bonds. The number of carbonyl (C=O) groups is 1. The first-order valence-electron chi connectivity index (χ1n) is 7.26. The van der Waals surface area contributed by atoms with Crippen LogP contribution in [0.3, 0.4) is 0 Å². The van der Waals surface area contributed by atoms with Gasteiger partial charge in [0.05, 0.1) is 12.2 Å².